The number of esters is 1. The Bertz CT molecular complexity index is 581. The second-order valence-corrected chi connectivity index (χ2v) is 6.82. The number of cyclic esters (lactones) is 1. The predicted molar refractivity (Wildman–Crippen MR) is 82.6 cm³/mol. The molecule has 0 bridgehead atoms. The number of nitrogens with zero attached hydrogens (tertiary/aromatic N) is 1. The molecule has 0 unspecified atom stereocenters. The Morgan fingerprint density at radius 2 is 2.14 bits per heavy atom. The lowest BCUT2D eigenvalue weighted by Crippen LogP contribution is -2.37. The molecular weight excluding hydrogens is 389 g/mol. The van der Waals surface area contributed by atoms with Crippen molar-refractivity contribution >= 4 is 34.7 Å². The number of amides is 1. The smallest absolute Gasteiger partial charge is 0.414 e. The number of benzene rings is 1. The first-order valence-corrected chi connectivity index (χ1v) is 7.41. The molecule has 1 aliphatic rings. The summed E-state index contributed by atoms with van der Waals surface area (Å²) in [6.45, 7) is 5.11. The van der Waals surface area contributed by atoms with E-state index >= 15 is 0 Å². The third kappa shape index (κ3) is 3.58. The van der Waals surface area contributed by atoms with Gasteiger partial charge in [-0.05, 0) is 61.1 Å². The van der Waals surface area contributed by atoms with Crippen LogP contribution in [0.3, 0.4) is 0 Å². The summed E-state index contributed by atoms with van der Waals surface area (Å²) in [7, 11) is 0. The molecule has 1 fully saturated rings. The van der Waals surface area contributed by atoms with Crippen molar-refractivity contribution < 1.29 is 24.2 Å². The van der Waals surface area contributed by atoms with Crippen LogP contribution < -0.4 is 0 Å². The maximum absolute atomic E-state index is 12.2. The second-order valence-electron chi connectivity index (χ2n) is 5.66. The number of halogens is 1. The summed E-state index contributed by atoms with van der Waals surface area (Å²) in [5.74, 6) is -0.392. The fourth-order valence-electron chi connectivity index (χ4n) is 1.90. The molecule has 1 heterocycles. The van der Waals surface area contributed by atoms with Crippen LogP contribution in [0, 0.1) is 3.57 Å². The molecule has 1 aliphatic heterocycles. The molecule has 1 aromatic carbocycles. The van der Waals surface area contributed by atoms with E-state index < -0.39 is 23.7 Å². The van der Waals surface area contributed by atoms with E-state index in [4.69, 9.17) is 9.47 Å². The molecule has 6 nitrogen and oxygen atoms in total. The Balaban J connectivity index is 2.28. The molecule has 0 aromatic heterocycles. The van der Waals surface area contributed by atoms with Crippen LogP contribution in [0.5, 0.6) is 5.75 Å². The highest BCUT2D eigenvalue weighted by molar-refractivity contribution is 14.1. The van der Waals surface area contributed by atoms with Gasteiger partial charge in [-0.15, -0.1) is 0 Å². The minimum absolute atomic E-state index is 0.120. The van der Waals surface area contributed by atoms with Crippen LogP contribution in [0.15, 0.2) is 18.2 Å². The first-order valence-electron chi connectivity index (χ1n) is 6.34. The summed E-state index contributed by atoms with van der Waals surface area (Å²) in [5.41, 5.74) is -0.0815. The van der Waals surface area contributed by atoms with Crippen LogP contribution in [0.1, 0.15) is 32.4 Å². The molecule has 1 saturated heterocycles. The van der Waals surface area contributed by atoms with Gasteiger partial charge in [0.1, 0.15) is 11.4 Å². The molecule has 1 amide bonds. The SMILES string of the molecule is CC(C)(C)OC(=O)N1COC(=O)[C@@H]1c1ccc(O)c(I)c1. The lowest BCUT2D eigenvalue weighted by atomic mass is 10.1. The molecule has 7 heteroatoms. The summed E-state index contributed by atoms with van der Waals surface area (Å²) < 4.78 is 10.8. The van der Waals surface area contributed by atoms with Gasteiger partial charge in [0, 0.05) is 0 Å². The molecule has 1 aromatic rings. The Labute approximate surface area is 136 Å². The number of hydrogen-bond donors (Lipinski definition) is 1. The monoisotopic (exact) mass is 405 g/mol. The van der Waals surface area contributed by atoms with E-state index in [-0.39, 0.29) is 12.5 Å². The Morgan fingerprint density at radius 3 is 2.71 bits per heavy atom. The minimum Gasteiger partial charge on any atom is -0.507 e. The third-order valence-electron chi connectivity index (χ3n) is 2.80. The van der Waals surface area contributed by atoms with Crippen molar-refractivity contribution in [1.29, 1.82) is 0 Å². The van der Waals surface area contributed by atoms with E-state index in [0.29, 0.717) is 9.13 Å². The normalized spacial score (nSPS) is 18.6. The van der Waals surface area contributed by atoms with Crippen molar-refractivity contribution in [3.63, 3.8) is 0 Å². The van der Waals surface area contributed by atoms with Crippen LogP contribution in [0.25, 0.3) is 0 Å². The van der Waals surface area contributed by atoms with Crippen molar-refractivity contribution in [2.75, 3.05) is 6.73 Å². The highest BCUT2D eigenvalue weighted by atomic mass is 127. The largest absolute Gasteiger partial charge is 0.507 e. The van der Waals surface area contributed by atoms with Gasteiger partial charge < -0.3 is 14.6 Å². The van der Waals surface area contributed by atoms with Gasteiger partial charge in [0.25, 0.3) is 0 Å². The van der Waals surface area contributed by atoms with Gasteiger partial charge >= 0.3 is 12.1 Å². The van der Waals surface area contributed by atoms with Crippen LogP contribution in [-0.2, 0) is 14.3 Å². The maximum Gasteiger partial charge on any atom is 0.414 e. The first-order chi connectivity index (χ1) is 9.69. The number of carbonyl (C=O) groups is 2. The molecule has 21 heavy (non-hydrogen) atoms. The van der Waals surface area contributed by atoms with Gasteiger partial charge in [-0.2, -0.15) is 0 Å². The highest BCUT2D eigenvalue weighted by Gasteiger charge is 2.41. The van der Waals surface area contributed by atoms with Crippen molar-refractivity contribution in [2.45, 2.75) is 32.4 Å². The summed E-state index contributed by atoms with van der Waals surface area (Å²) in [5, 5.41) is 9.55. The number of carbonyl (C=O) groups excluding carboxylic acids is 2. The van der Waals surface area contributed by atoms with Crippen molar-refractivity contribution in [3.8, 4) is 5.75 Å². The molecule has 0 radical (unpaired) electrons. The first kappa shape index (κ1) is 15.9. The fourth-order valence-corrected chi connectivity index (χ4v) is 2.44. The van der Waals surface area contributed by atoms with E-state index in [9.17, 15) is 14.7 Å². The van der Waals surface area contributed by atoms with Crippen LogP contribution >= 0.6 is 22.6 Å². The fraction of sp³-hybridized carbons (Fsp3) is 0.429. The van der Waals surface area contributed by atoms with Crippen LogP contribution in [0.4, 0.5) is 4.79 Å². The number of phenols is 1. The molecule has 1 N–H and O–H groups in total. The number of rotatable bonds is 1. The van der Waals surface area contributed by atoms with Crippen LogP contribution in [-0.4, -0.2) is 34.4 Å². The van der Waals surface area contributed by atoms with Gasteiger partial charge in [-0.3, -0.25) is 4.90 Å². The molecule has 0 saturated carbocycles. The zero-order valence-electron chi connectivity index (χ0n) is 11.9. The average Bonchev–Trinajstić information content (AvgIpc) is 2.73. The Morgan fingerprint density at radius 1 is 1.48 bits per heavy atom. The van der Waals surface area contributed by atoms with Gasteiger partial charge in [-0.1, -0.05) is 6.07 Å². The van der Waals surface area contributed by atoms with E-state index in [1.165, 1.54) is 11.0 Å². The van der Waals surface area contributed by atoms with Crippen molar-refractivity contribution in [1.82, 2.24) is 4.90 Å². The van der Waals surface area contributed by atoms with Gasteiger partial charge in [0.15, 0.2) is 12.8 Å². The molecule has 1 atom stereocenters. The highest BCUT2D eigenvalue weighted by Crippen LogP contribution is 2.32. The van der Waals surface area contributed by atoms with Gasteiger partial charge in [0.2, 0.25) is 0 Å². The maximum atomic E-state index is 12.2. The number of phenolic OH excluding ortho intramolecular Hbond substituents is 1. The lowest BCUT2D eigenvalue weighted by molar-refractivity contribution is -0.139. The quantitative estimate of drug-likeness (QED) is 0.575. The van der Waals surface area contributed by atoms with Crippen molar-refractivity contribution in [3.05, 3.63) is 27.3 Å². The van der Waals surface area contributed by atoms with Crippen molar-refractivity contribution in [2.24, 2.45) is 0 Å². The molecule has 0 aliphatic carbocycles. The summed E-state index contributed by atoms with van der Waals surface area (Å²) in [6, 6.07) is 3.86. The second kappa shape index (κ2) is 5.70. The summed E-state index contributed by atoms with van der Waals surface area (Å²) in [6.07, 6.45) is -0.610. The average molecular weight is 405 g/mol. The molecule has 0 spiro atoms. The van der Waals surface area contributed by atoms with E-state index in [2.05, 4.69) is 0 Å². The zero-order chi connectivity index (χ0) is 15.8. The molecular formula is C14H16INO5. The Hall–Kier alpha value is -1.51. The number of hydrogen-bond acceptors (Lipinski definition) is 5. The summed E-state index contributed by atoms with van der Waals surface area (Å²) in [4.78, 5) is 25.3. The standard InChI is InChI=1S/C14H16INO5/c1-14(2,3)21-13(19)16-7-20-12(18)11(16)8-4-5-10(17)9(15)6-8/h4-6,11,17H,7H2,1-3H3/t11-/m0/s1. The third-order valence-corrected chi connectivity index (χ3v) is 3.66. The lowest BCUT2D eigenvalue weighted by Gasteiger charge is -2.26. The number of aromatic hydroxyl groups is 1. The number of ether oxygens (including phenoxy) is 2. The predicted octanol–water partition coefficient (Wildman–Crippen LogP) is 2.79. The van der Waals surface area contributed by atoms with E-state index in [1.807, 2.05) is 22.6 Å². The minimum atomic E-state index is -0.853. The van der Waals surface area contributed by atoms with Crippen LogP contribution in [0.2, 0.25) is 0 Å². The molecule has 2 rings (SSSR count). The topological polar surface area (TPSA) is 76.1 Å². The molecule has 114 valence electrons. The zero-order valence-corrected chi connectivity index (χ0v) is 14.1. The Kier molecular flexibility index (Phi) is 4.31. The van der Waals surface area contributed by atoms with E-state index in [1.54, 1.807) is 32.9 Å². The van der Waals surface area contributed by atoms with Gasteiger partial charge in [-0.25, -0.2) is 9.59 Å². The summed E-state index contributed by atoms with van der Waals surface area (Å²) >= 11 is 1.95. The van der Waals surface area contributed by atoms with Gasteiger partial charge in [0.05, 0.1) is 3.57 Å². The van der Waals surface area contributed by atoms with E-state index in [0.717, 1.165) is 0 Å².